The maximum atomic E-state index is 12.8. The molecule has 1 aliphatic carbocycles. The lowest BCUT2D eigenvalue weighted by molar-refractivity contribution is 0.0935. The molecule has 3 aromatic rings. The van der Waals surface area contributed by atoms with Crippen molar-refractivity contribution >= 4 is 17.7 Å². The highest BCUT2D eigenvalue weighted by atomic mass is 32.2. The largest absolute Gasteiger partial charge is 0.504 e. The fraction of sp³-hybridized carbons (Fsp3) is 0.167. The van der Waals surface area contributed by atoms with Crippen molar-refractivity contribution in [3.63, 3.8) is 0 Å². The molecular weight excluding hydrogens is 414 g/mol. The van der Waals surface area contributed by atoms with Gasteiger partial charge in [-0.15, -0.1) is 11.8 Å². The molecule has 0 aliphatic heterocycles. The number of aryl methyl sites for hydroxylation is 1. The second-order valence-corrected chi connectivity index (χ2v) is 8.19. The molecule has 0 heterocycles. The Hall–Kier alpha value is -3.45. The lowest BCUT2D eigenvalue weighted by atomic mass is 9.95. The molecule has 0 bridgehead atoms. The molecule has 4 N–H and O–H groups in total. The molecule has 3 aromatic carbocycles. The van der Waals surface area contributed by atoms with Crippen LogP contribution in [-0.4, -0.2) is 27.5 Å². The summed E-state index contributed by atoms with van der Waals surface area (Å²) in [5, 5.41) is 33.8. The summed E-state index contributed by atoms with van der Waals surface area (Å²) in [5.74, 6) is -1.76. The van der Waals surface area contributed by atoms with E-state index in [0.29, 0.717) is 45.6 Å². The Labute approximate surface area is 183 Å². The molecule has 4 rings (SSSR count). The van der Waals surface area contributed by atoms with Gasteiger partial charge in [0, 0.05) is 11.1 Å². The third kappa shape index (κ3) is 3.84. The van der Waals surface area contributed by atoms with E-state index in [1.165, 1.54) is 23.9 Å². The van der Waals surface area contributed by atoms with E-state index in [2.05, 4.69) is 5.32 Å². The number of amides is 1. The Balaban J connectivity index is 1.91. The predicted molar refractivity (Wildman–Crippen MR) is 120 cm³/mol. The van der Waals surface area contributed by atoms with E-state index in [0.717, 1.165) is 0 Å². The molecule has 1 aliphatic rings. The molecule has 1 atom stereocenters. The quantitative estimate of drug-likeness (QED) is 0.366. The Bertz CT molecular complexity index is 1230. The summed E-state index contributed by atoms with van der Waals surface area (Å²) < 4.78 is 0. The van der Waals surface area contributed by atoms with Crippen LogP contribution in [0.5, 0.6) is 17.2 Å². The van der Waals surface area contributed by atoms with Crippen molar-refractivity contribution in [2.24, 2.45) is 0 Å². The Morgan fingerprint density at radius 1 is 1.03 bits per heavy atom. The van der Waals surface area contributed by atoms with Crippen molar-refractivity contribution in [1.29, 1.82) is 0 Å². The number of thioether (sulfide) groups is 1. The fourth-order valence-electron chi connectivity index (χ4n) is 3.94. The smallest absolute Gasteiger partial charge is 0.251 e. The fourth-order valence-corrected chi connectivity index (χ4v) is 4.41. The van der Waals surface area contributed by atoms with Crippen LogP contribution in [0, 0.1) is 0 Å². The zero-order valence-corrected chi connectivity index (χ0v) is 17.6. The molecule has 31 heavy (non-hydrogen) atoms. The summed E-state index contributed by atoms with van der Waals surface area (Å²) in [6.45, 7) is 0. The number of rotatable bonds is 3. The van der Waals surface area contributed by atoms with Crippen LogP contribution >= 0.6 is 11.8 Å². The molecular formula is C24H21NO5S. The van der Waals surface area contributed by atoms with E-state index in [-0.39, 0.29) is 11.3 Å². The van der Waals surface area contributed by atoms with Gasteiger partial charge in [0.1, 0.15) is 0 Å². The van der Waals surface area contributed by atoms with Crippen LogP contribution in [0.3, 0.4) is 0 Å². The number of nitrogens with one attached hydrogen (secondary N) is 1. The second-order valence-electron chi connectivity index (χ2n) is 7.34. The zero-order chi connectivity index (χ0) is 22.1. The van der Waals surface area contributed by atoms with Crippen molar-refractivity contribution < 1.29 is 20.1 Å². The highest BCUT2D eigenvalue weighted by Gasteiger charge is 2.28. The number of phenolic OH excluding ortho intramolecular Hbond substituents is 3. The van der Waals surface area contributed by atoms with Crippen LogP contribution < -0.4 is 10.7 Å². The van der Waals surface area contributed by atoms with Crippen molar-refractivity contribution in [1.82, 2.24) is 5.32 Å². The molecule has 1 amide bonds. The number of phenols is 3. The average molecular weight is 436 g/mol. The summed E-state index contributed by atoms with van der Waals surface area (Å²) in [7, 11) is 0. The number of carbonyl (C=O) groups excluding carboxylic acids is 1. The van der Waals surface area contributed by atoms with E-state index in [9.17, 15) is 24.9 Å². The van der Waals surface area contributed by atoms with Crippen LogP contribution in [0.2, 0.25) is 0 Å². The first-order chi connectivity index (χ1) is 14.9. The van der Waals surface area contributed by atoms with Crippen molar-refractivity contribution in [3.8, 4) is 28.4 Å². The highest BCUT2D eigenvalue weighted by Crippen LogP contribution is 2.48. The SMILES string of the molecule is CSc1ccc2c(cc1=O)[C@@H](NC(=O)c1ccccc1)CCc1cc(O)c(O)c(O)c1-2. The van der Waals surface area contributed by atoms with Crippen molar-refractivity contribution in [2.75, 3.05) is 6.26 Å². The molecule has 0 saturated heterocycles. The zero-order valence-electron chi connectivity index (χ0n) is 16.8. The summed E-state index contributed by atoms with van der Waals surface area (Å²) in [6.07, 6.45) is 2.66. The first kappa shape index (κ1) is 20.8. The van der Waals surface area contributed by atoms with Crippen LogP contribution in [0.15, 0.2) is 64.3 Å². The summed E-state index contributed by atoms with van der Waals surface area (Å²) in [5.41, 5.74) is 2.35. The molecule has 0 aromatic heterocycles. The van der Waals surface area contributed by atoms with Gasteiger partial charge in [-0.25, -0.2) is 0 Å². The van der Waals surface area contributed by atoms with Gasteiger partial charge in [0.25, 0.3) is 5.91 Å². The van der Waals surface area contributed by atoms with Crippen LogP contribution in [0.1, 0.15) is 33.9 Å². The standard InChI is InChI=1S/C24H21NO5S/c1-31-20-10-8-15-16(12-18(20)26)17(25-24(30)13-5-3-2-4-6-13)9-7-14-11-19(27)22(28)23(29)21(14)15/h2-6,8,10-12,17,27-29H,7,9H2,1H3,(H,25,30)/t17-/m0/s1. The number of fused-ring (bicyclic) bond motifs is 3. The summed E-state index contributed by atoms with van der Waals surface area (Å²) in [6, 6.07) is 14.6. The van der Waals surface area contributed by atoms with Gasteiger partial charge in [0.15, 0.2) is 16.9 Å². The third-order valence-corrected chi connectivity index (χ3v) is 6.26. The number of benzene rings is 2. The Morgan fingerprint density at radius 3 is 2.48 bits per heavy atom. The maximum absolute atomic E-state index is 12.8. The third-order valence-electron chi connectivity index (χ3n) is 5.49. The Kier molecular flexibility index (Phi) is 5.61. The van der Waals surface area contributed by atoms with E-state index in [1.54, 1.807) is 42.7 Å². The molecule has 0 spiro atoms. The number of carbonyl (C=O) groups is 1. The number of hydrogen-bond acceptors (Lipinski definition) is 6. The van der Waals surface area contributed by atoms with Gasteiger partial charge in [-0.05, 0) is 66.1 Å². The van der Waals surface area contributed by atoms with E-state index < -0.39 is 23.3 Å². The molecule has 0 radical (unpaired) electrons. The minimum Gasteiger partial charge on any atom is -0.504 e. The van der Waals surface area contributed by atoms with Gasteiger partial charge in [-0.1, -0.05) is 24.3 Å². The van der Waals surface area contributed by atoms with Gasteiger partial charge >= 0.3 is 0 Å². The molecule has 0 saturated carbocycles. The molecule has 158 valence electrons. The van der Waals surface area contributed by atoms with Crippen LogP contribution in [0.25, 0.3) is 11.1 Å². The molecule has 0 fully saturated rings. The predicted octanol–water partition coefficient (Wildman–Crippen LogP) is 3.97. The van der Waals surface area contributed by atoms with Crippen molar-refractivity contribution in [2.45, 2.75) is 23.8 Å². The minimum atomic E-state index is -0.615. The lowest BCUT2D eigenvalue weighted by Crippen LogP contribution is -2.29. The average Bonchev–Trinajstić information content (AvgIpc) is 3.01. The summed E-state index contributed by atoms with van der Waals surface area (Å²) >= 11 is 1.30. The Morgan fingerprint density at radius 2 is 1.77 bits per heavy atom. The topological polar surface area (TPSA) is 107 Å². The minimum absolute atomic E-state index is 0.196. The van der Waals surface area contributed by atoms with Gasteiger partial charge < -0.3 is 20.6 Å². The highest BCUT2D eigenvalue weighted by molar-refractivity contribution is 7.98. The number of aromatic hydroxyl groups is 3. The van der Waals surface area contributed by atoms with Gasteiger partial charge in [-0.2, -0.15) is 0 Å². The maximum Gasteiger partial charge on any atom is 0.251 e. The lowest BCUT2D eigenvalue weighted by Gasteiger charge is -2.18. The monoisotopic (exact) mass is 435 g/mol. The van der Waals surface area contributed by atoms with Crippen LogP contribution in [0.4, 0.5) is 0 Å². The van der Waals surface area contributed by atoms with Gasteiger partial charge in [0.05, 0.1) is 10.9 Å². The van der Waals surface area contributed by atoms with Crippen molar-refractivity contribution in [3.05, 3.63) is 81.5 Å². The normalized spacial score (nSPS) is 14.8. The molecule has 0 unspecified atom stereocenters. The van der Waals surface area contributed by atoms with E-state index in [1.807, 2.05) is 6.07 Å². The van der Waals surface area contributed by atoms with E-state index in [4.69, 9.17) is 0 Å². The van der Waals surface area contributed by atoms with E-state index >= 15 is 0 Å². The second kappa shape index (κ2) is 8.35. The first-order valence-corrected chi connectivity index (χ1v) is 11.0. The van der Waals surface area contributed by atoms with Gasteiger partial charge in [-0.3, -0.25) is 9.59 Å². The first-order valence-electron chi connectivity index (χ1n) is 9.76. The number of hydrogen-bond donors (Lipinski definition) is 4. The van der Waals surface area contributed by atoms with Gasteiger partial charge in [0.2, 0.25) is 5.75 Å². The van der Waals surface area contributed by atoms with Crippen LogP contribution in [-0.2, 0) is 6.42 Å². The molecule has 7 heteroatoms. The molecule has 6 nitrogen and oxygen atoms in total. The summed E-state index contributed by atoms with van der Waals surface area (Å²) in [4.78, 5) is 26.1.